The highest BCUT2D eigenvalue weighted by molar-refractivity contribution is 6.57. The van der Waals surface area contributed by atoms with Gasteiger partial charge in [0.1, 0.15) is 34.7 Å². The molecule has 1 saturated heterocycles. The topological polar surface area (TPSA) is 116 Å². The Morgan fingerprint density at radius 1 is 1.13 bits per heavy atom. The molecule has 0 saturated carbocycles. The SMILES string of the molecule is CN1CCN(C2=NC3=NC(C4=C(O)c5nc(CCl)n(C)c5C(=O)C4=O)=NC3C=C2)CC1. The zero-order valence-corrected chi connectivity index (χ0v) is 17.8. The van der Waals surface area contributed by atoms with E-state index < -0.39 is 23.4 Å². The first-order chi connectivity index (χ1) is 14.9. The molecule has 5 rings (SSSR count). The number of Topliss-reactive ketones (excluding diaryl/α,β-unsaturated/α-hetero) is 2. The van der Waals surface area contributed by atoms with Gasteiger partial charge in [0.15, 0.2) is 17.4 Å². The van der Waals surface area contributed by atoms with Crippen molar-refractivity contribution in [3.05, 3.63) is 34.9 Å². The van der Waals surface area contributed by atoms with Gasteiger partial charge in [0.05, 0.1) is 5.88 Å². The summed E-state index contributed by atoms with van der Waals surface area (Å²) in [6.07, 6.45) is 3.75. The molecule has 0 bridgehead atoms. The molecule has 1 atom stereocenters. The average Bonchev–Trinajstić information content (AvgIpc) is 3.33. The minimum Gasteiger partial charge on any atom is -0.505 e. The molecule has 31 heavy (non-hydrogen) atoms. The fraction of sp³-hybridized carbons (Fsp3) is 0.400. The van der Waals surface area contributed by atoms with Crippen molar-refractivity contribution in [1.82, 2.24) is 19.4 Å². The van der Waals surface area contributed by atoms with Crippen molar-refractivity contribution in [3.8, 4) is 0 Å². The molecule has 3 aliphatic heterocycles. The molecule has 160 valence electrons. The van der Waals surface area contributed by atoms with E-state index in [0.717, 1.165) is 32.0 Å². The maximum Gasteiger partial charge on any atom is 0.252 e. The molecule has 1 aliphatic carbocycles. The highest BCUT2D eigenvalue weighted by atomic mass is 35.5. The van der Waals surface area contributed by atoms with E-state index in [9.17, 15) is 14.7 Å². The van der Waals surface area contributed by atoms with Crippen LogP contribution in [0.25, 0.3) is 5.76 Å². The van der Waals surface area contributed by atoms with Crippen molar-refractivity contribution in [3.63, 3.8) is 0 Å². The average molecular weight is 442 g/mol. The monoisotopic (exact) mass is 441 g/mol. The number of hydrogen-bond donors (Lipinski definition) is 1. The summed E-state index contributed by atoms with van der Waals surface area (Å²) in [4.78, 5) is 47.6. The molecule has 0 radical (unpaired) electrons. The fourth-order valence-corrected chi connectivity index (χ4v) is 4.26. The number of dihydropyridines is 1. The van der Waals surface area contributed by atoms with Crippen molar-refractivity contribution in [1.29, 1.82) is 0 Å². The summed E-state index contributed by atoms with van der Waals surface area (Å²) in [6, 6.07) is -0.460. The predicted octanol–water partition coefficient (Wildman–Crippen LogP) is 0.588. The number of halogens is 1. The maximum atomic E-state index is 12.8. The first-order valence-corrected chi connectivity index (χ1v) is 10.4. The zero-order valence-electron chi connectivity index (χ0n) is 17.0. The summed E-state index contributed by atoms with van der Waals surface area (Å²) in [5.74, 6) is -0.436. The van der Waals surface area contributed by atoms with Crippen molar-refractivity contribution >= 4 is 46.4 Å². The Morgan fingerprint density at radius 2 is 1.87 bits per heavy atom. The third-order valence-electron chi connectivity index (χ3n) is 5.87. The summed E-state index contributed by atoms with van der Waals surface area (Å²) in [6.45, 7) is 3.60. The van der Waals surface area contributed by atoms with Crippen LogP contribution in [0.4, 0.5) is 0 Å². The molecule has 1 N–H and O–H groups in total. The van der Waals surface area contributed by atoms with E-state index in [0.29, 0.717) is 11.7 Å². The minimum absolute atomic E-state index is 0.00685. The number of fused-ring (bicyclic) bond motifs is 2. The molecule has 1 fully saturated rings. The number of piperazine rings is 1. The molecule has 4 heterocycles. The molecule has 0 spiro atoms. The number of carbonyl (C=O) groups is 2. The molecule has 1 aromatic rings. The largest absolute Gasteiger partial charge is 0.505 e. The van der Waals surface area contributed by atoms with Crippen LogP contribution in [-0.4, -0.2) is 92.8 Å². The number of likely N-dealkylation sites (N-methyl/N-ethyl adjacent to an activating group) is 1. The second kappa shape index (κ2) is 7.24. The number of aliphatic hydroxyl groups is 1. The number of aliphatic hydroxyl groups excluding tert-OH is 1. The summed E-state index contributed by atoms with van der Waals surface area (Å²) in [7, 11) is 3.66. The van der Waals surface area contributed by atoms with Crippen LogP contribution < -0.4 is 0 Å². The Kier molecular flexibility index (Phi) is 4.63. The van der Waals surface area contributed by atoms with Gasteiger partial charge in [0.2, 0.25) is 5.78 Å². The van der Waals surface area contributed by atoms with Gasteiger partial charge in [-0.3, -0.25) is 14.6 Å². The molecular formula is C20H20ClN7O3. The summed E-state index contributed by atoms with van der Waals surface area (Å²) < 4.78 is 1.42. The third kappa shape index (κ3) is 3.05. The lowest BCUT2D eigenvalue weighted by molar-refractivity contribution is -0.111. The van der Waals surface area contributed by atoms with E-state index in [-0.39, 0.29) is 28.7 Å². The van der Waals surface area contributed by atoms with E-state index in [2.05, 4.69) is 36.8 Å². The molecule has 1 aromatic heterocycles. The van der Waals surface area contributed by atoms with E-state index >= 15 is 0 Å². The summed E-state index contributed by atoms with van der Waals surface area (Å²) >= 11 is 5.86. The van der Waals surface area contributed by atoms with Crippen molar-refractivity contribution < 1.29 is 14.7 Å². The van der Waals surface area contributed by atoms with Gasteiger partial charge in [0, 0.05) is 33.2 Å². The number of hydrogen-bond acceptors (Lipinski definition) is 9. The number of aliphatic imine (C=N–C) groups is 3. The van der Waals surface area contributed by atoms with Crippen LogP contribution in [-0.2, 0) is 17.7 Å². The number of nitrogens with zero attached hydrogens (tertiary/aromatic N) is 7. The Bertz CT molecular complexity index is 1170. The van der Waals surface area contributed by atoms with Crippen LogP contribution >= 0.6 is 11.6 Å². The van der Waals surface area contributed by atoms with E-state index in [1.54, 1.807) is 7.05 Å². The number of carbonyl (C=O) groups excluding carboxylic acids is 2. The van der Waals surface area contributed by atoms with Crippen molar-refractivity contribution in [2.24, 2.45) is 22.0 Å². The predicted molar refractivity (Wildman–Crippen MR) is 116 cm³/mol. The van der Waals surface area contributed by atoms with Gasteiger partial charge in [-0.05, 0) is 19.2 Å². The Balaban J connectivity index is 1.51. The Labute approximate surface area is 182 Å². The molecule has 0 amide bonds. The first kappa shape index (κ1) is 19.8. The lowest BCUT2D eigenvalue weighted by atomic mass is 9.94. The fourth-order valence-electron chi connectivity index (χ4n) is 4.02. The number of imidazole rings is 1. The van der Waals surface area contributed by atoms with E-state index in [1.807, 2.05) is 12.2 Å². The van der Waals surface area contributed by atoms with E-state index in [4.69, 9.17) is 11.6 Å². The quantitative estimate of drug-likeness (QED) is 0.530. The second-order valence-corrected chi connectivity index (χ2v) is 8.05. The van der Waals surface area contributed by atoms with Gasteiger partial charge >= 0.3 is 0 Å². The summed E-state index contributed by atoms with van der Waals surface area (Å²) in [5, 5.41) is 10.8. The van der Waals surface area contributed by atoms with Gasteiger partial charge in [0.25, 0.3) is 5.78 Å². The Morgan fingerprint density at radius 3 is 2.58 bits per heavy atom. The van der Waals surface area contributed by atoms with Crippen LogP contribution in [0.1, 0.15) is 22.0 Å². The second-order valence-electron chi connectivity index (χ2n) is 7.79. The molecule has 11 heteroatoms. The highest BCUT2D eigenvalue weighted by Gasteiger charge is 2.41. The number of alkyl halides is 1. The van der Waals surface area contributed by atoms with Gasteiger partial charge < -0.3 is 19.5 Å². The normalized spacial score (nSPS) is 23.6. The minimum atomic E-state index is -0.872. The molecular weight excluding hydrogens is 422 g/mol. The zero-order chi connectivity index (χ0) is 21.9. The van der Waals surface area contributed by atoms with Crippen molar-refractivity contribution in [2.45, 2.75) is 11.9 Å². The van der Waals surface area contributed by atoms with Gasteiger partial charge in [-0.25, -0.2) is 15.0 Å². The van der Waals surface area contributed by atoms with Crippen LogP contribution in [0.15, 0.2) is 32.7 Å². The number of rotatable bonds is 2. The molecule has 10 nitrogen and oxygen atoms in total. The number of aromatic nitrogens is 2. The molecule has 4 aliphatic rings. The van der Waals surface area contributed by atoms with Crippen LogP contribution in [0.2, 0.25) is 0 Å². The number of amidine groups is 3. The molecule has 0 aromatic carbocycles. The van der Waals surface area contributed by atoms with Gasteiger partial charge in [-0.2, -0.15) is 0 Å². The van der Waals surface area contributed by atoms with Crippen LogP contribution in [0.3, 0.4) is 0 Å². The standard InChI is InChI=1S/C20H20ClN7O3/c1-26-5-7-28(8-6-26)11-4-3-10-19(24-11)25-20(22-10)13-16(29)14-15(18(31)17(13)30)27(2)12(9-21)23-14/h3-4,10,29H,5-9H2,1-2H3. The lowest BCUT2D eigenvalue weighted by Crippen LogP contribution is -2.47. The van der Waals surface area contributed by atoms with Crippen LogP contribution in [0, 0.1) is 0 Å². The first-order valence-electron chi connectivity index (χ1n) is 9.90. The Hall–Kier alpha value is -3.11. The van der Waals surface area contributed by atoms with E-state index in [1.165, 1.54) is 4.57 Å². The molecule has 1 unspecified atom stereocenters. The third-order valence-corrected chi connectivity index (χ3v) is 6.11. The maximum absolute atomic E-state index is 12.8. The number of ketones is 2. The highest BCUT2D eigenvalue weighted by Crippen LogP contribution is 2.31. The lowest BCUT2D eigenvalue weighted by Gasteiger charge is -2.34. The van der Waals surface area contributed by atoms with Gasteiger partial charge in [-0.1, -0.05) is 0 Å². The smallest absolute Gasteiger partial charge is 0.252 e. The van der Waals surface area contributed by atoms with Crippen molar-refractivity contribution in [2.75, 3.05) is 33.2 Å². The summed E-state index contributed by atoms with van der Waals surface area (Å²) in [5.41, 5.74) is -0.211. The van der Waals surface area contributed by atoms with Crippen LogP contribution in [0.5, 0.6) is 0 Å². The van der Waals surface area contributed by atoms with Gasteiger partial charge in [-0.15, -0.1) is 11.6 Å².